The van der Waals surface area contributed by atoms with Crippen molar-refractivity contribution in [3.63, 3.8) is 0 Å². The SMILES string of the molecule is OC[C@@H](O)[C@@H](O)[C@H](O)[C@@H](O)CNC(CO)(CO)CO. The molecule has 4 atom stereocenters. The first-order chi connectivity index (χ1) is 8.87. The summed E-state index contributed by atoms with van der Waals surface area (Å²) in [6.45, 7) is -2.97. The molecule has 0 spiro atoms. The molecule has 0 aliphatic carbocycles. The Morgan fingerprint density at radius 1 is 0.737 bits per heavy atom. The monoisotopic (exact) mass is 285 g/mol. The summed E-state index contributed by atoms with van der Waals surface area (Å²) in [6.07, 6.45) is -6.65. The summed E-state index contributed by atoms with van der Waals surface area (Å²) >= 11 is 0. The zero-order valence-corrected chi connectivity index (χ0v) is 10.4. The van der Waals surface area contributed by atoms with E-state index in [1.807, 2.05) is 0 Å². The fraction of sp³-hybridized carbons (Fsp3) is 1.00. The first-order valence-corrected chi connectivity index (χ1v) is 5.78. The molecule has 0 aromatic rings. The van der Waals surface area contributed by atoms with Gasteiger partial charge in [0.15, 0.2) is 0 Å². The van der Waals surface area contributed by atoms with Gasteiger partial charge in [0.2, 0.25) is 0 Å². The number of nitrogens with one attached hydrogen (secondary N) is 1. The molecule has 9 N–H and O–H groups in total. The van der Waals surface area contributed by atoms with Crippen LogP contribution < -0.4 is 5.32 Å². The summed E-state index contributed by atoms with van der Waals surface area (Å²) in [5, 5.41) is 75.6. The molecular weight excluding hydrogens is 262 g/mol. The molecule has 9 nitrogen and oxygen atoms in total. The number of hydrogen-bond acceptors (Lipinski definition) is 9. The van der Waals surface area contributed by atoms with Crippen molar-refractivity contribution >= 4 is 0 Å². The second kappa shape index (κ2) is 8.74. The summed E-state index contributed by atoms with van der Waals surface area (Å²) in [7, 11) is 0. The highest BCUT2D eigenvalue weighted by Crippen LogP contribution is 2.07. The lowest BCUT2D eigenvalue weighted by molar-refractivity contribution is -0.116. The summed E-state index contributed by atoms with van der Waals surface area (Å²) < 4.78 is 0. The van der Waals surface area contributed by atoms with E-state index in [1.165, 1.54) is 0 Å². The van der Waals surface area contributed by atoms with Gasteiger partial charge in [-0.2, -0.15) is 0 Å². The number of aliphatic hydroxyl groups excluding tert-OH is 8. The molecule has 0 aromatic carbocycles. The molecule has 0 saturated heterocycles. The van der Waals surface area contributed by atoms with E-state index >= 15 is 0 Å². The predicted molar refractivity (Wildman–Crippen MR) is 63.1 cm³/mol. The average Bonchev–Trinajstić information content (AvgIpc) is 2.46. The molecule has 0 heterocycles. The molecule has 0 radical (unpaired) electrons. The van der Waals surface area contributed by atoms with Crippen LogP contribution in [0.25, 0.3) is 0 Å². The Bertz CT molecular complexity index is 229. The fourth-order valence-corrected chi connectivity index (χ4v) is 1.32. The second-order valence-electron chi connectivity index (χ2n) is 4.43. The van der Waals surface area contributed by atoms with Crippen molar-refractivity contribution in [1.29, 1.82) is 0 Å². The van der Waals surface area contributed by atoms with E-state index in [2.05, 4.69) is 5.32 Å². The number of rotatable bonds is 10. The van der Waals surface area contributed by atoms with Crippen LogP contribution in [0.1, 0.15) is 0 Å². The van der Waals surface area contributed by atoms with Crippen LogP contribution in [0.3, 0.4) is 0 Å². The number of β-amino-alcohol motifs (C(OH)–C–C–N with tert-alkyl or cyclic N) is 1. The number of hydrogen-bond donors (Lipinski definition) is 9. The minimum atomic E-state index is -1.76. The van der Waals surface area contributed by atoms with E-state index < -0.39 is 56.4 Å². The fourth-order valence-electron chi connectivity index (χ4n) is 1.32. The molecular formula is C10H23NO8. The van der Waals surface area contributed by atoms with E-state index in [-0.39, 0.29) is 6.54 Å². The largest absolute Gasteiger partial charge is 0.394 e. The normalized spacial score (nSPS) is 18.9. The third-order valence-corrected chi connectivity index (χ3v) is 2.92. The quantitative estimate of drug-likeness (QED) is 0.190. The zero-order valence-electron chi connectivity index (χ0n) is 10.4. The summed E-state index contributed by atoms with van der Waals surface area (Å²) in [5.74, 6) is 0. The minimum absolute atomic E-state index is 0.363. The van der Waals surface area contributed by atoms with E-state index in [9.17, 15) is 15.3 Å². The molecule has 0 amide bonds. The molecule has 0 aliphatic rings. The number of aliphatic hydroxyl groups is 8. The van der Waals surface area contributed by atoms with Crippen molar-refractivity contribution in [2.24, 2.45) is 0 Å². The van der Waals surface area contributed by atoms with Gasteiger partial charge < -0.3 is 46.2 Å². The summed E-state index contributed by atoms with van der Waals surface area (Å²) in [4.78, 5) is 0. The highest BCUT2D eigenvalue weighted by molar-refractivity contribution is 4.89. The maximum Gasteiger partial charge on any atom is 0.111 e. The van der Waals surface area contributed by atoms with E-state index in [0.717, 1.165) is 0 Å². The smallest absolute Gasteiger partial charge is 0.111 e. The van der Waals surface area contributed by atoms with Gasteiger partial charge in [0.1, 0.15) is 18.3 Å². The average molecular weight is 285 g/mol. The van der Waals surface area contributed by atoms with Gasteiger partial charge >= 0.3 is 0 Å². The Hall–Kier alpha value is -0.360. The topological polar surface area (TPSA) is 174 Å². The van der Waals surface area contributed by atoms with Crippen LogP contribution in [0, 0.1) is 0 Å². The third kappa shape index (κ3) is 5.26. The standard InChI is InChI=1S/C10H23NO8/c12-2-7(17)9(19)8(18)6(16)1-11-10(3-13,4-14)5-15/h6-9,11-19H,1-5H2/t6-,7+,8+,9+/m0/s1. The van der Waals surface area contributed by atoms with Crippen LogP contribution in [-0.2, 0) is 0 Å². The Morgan fingerprint density at radius 2 is 1.16 bits per heavy atom. The van der Waals surface area contributed by atoms with Gasteiger partial charge in [-0.15, -0.1) is 0 Å². The highest BCUT2D eigenvalue weighted by atomic mass is 16.4. The first-order valence-electron chi connectivity index (χ1n) is 5.78. The molecule has 0 saturated carbocycles. The minimum Gasteiger partial charge on any atom is -0.394 e. The summed E-state index contributed by atoms with van der Waals surface area (Å²) in [5.41, 5.74) is -1.43. The van der Waals surface area contributed by atoms with Crippen molar-refractivity contribution < 1.29 is 40.9 Å². The Labute approximate surface area is 110 Å². The van der Waals surface area contributed by atoms with Crippen LogP contribution in [-0.4, -0.2) is 104 Å². The van der Waals surface area contributed by atoms with Crippen molar-refractivity contribution in [2.75, 3.05) is 33.0 Å². The van der Waals surface area contributed by atoms with Gasteiger partial charge in [-0.25, -0.2) is 0 Å². The second-order valence-corrected chi connectivity index (χ2v) is 4.43. The lowest BCUT2D eigenvalue weighted by atomic mass is 10.00. The molecule has 19 heavy (non-hydrogen) atoms. The lowest BCUT2D eigenvalue weighted by Gasteiger charge is -2.32. The van der Waals surface area contributed by atoms with Crippen LogP contribution in [0.4, 0.5) is 0 Å². The van der Waals surface area contributed by atoms with Gasteiger partial charge in [0.25, 0.3) is 0 Å². The van der Waals surface area contributed by atoms with Gasteiger partial charge in [-0.05, 0) is 0 Å². The van der Waals surface area contributed by atoms with E-state index in [4.69, 9.17) is 25.5 Å². The van der Waals surface area contributed by atoms with Crippen LogP contribution in [0.5, 0.6) is 0 Å². The zero-order chi connectivity index (χ0) is 15.1. The van der Waals surface area contributed by atoms with E-state index in [0.29, 0.717) is 0 Å². The Balaban J connectivity index is 4.40. The van der Waals surface area contributed by atoms with Gasteiger partial charge in [0, 0.05) is 6.54 Å². The maximum absolute atomic E-state index is 9.57. The summed E-state index contributed by atoms with van der Waals surface area (Å²) in [6, 6.07) is 0. The maximum atomic E-state index is 9.57. The van der Waals surface area contributed by atoms with Crippen LogP contribution in [0.2, 0.25) is 0 Å². The predicted octanol–water partition coefficient (Wildman–Crippen LogP) is -5.27. The molecule has 0 aromatic heterocycles. The molecule has 0 fully saturated rings. The first kappa shape index (κ1) is 18.6. The van der Waals surface area contributed by atoms with Crippen molar-refractivity contribution in [3.8, 4) is 0 Å². The van der Waals surface area contributed by atoms with Crippen LogP contribution in [0.15, 0.2) is 0 Å². The van der Waals surface area contributed by atoms with Crippen molar-refractivity contribution in [3.05, 3.63) is 0 Å². The highest BCUT2D eigenvalue weighted by Gasteiger charge is 2.33. The molecule has 0 unspecified atom stereocenters. The van der Waals surface area contributed by atoms with Gasteiger partial charge in [-0.3, -0.25) is 0 Å². The van der Waals surface area contributed by atoms with Crippen molar-refractivity contribution in [2.45, 2.75) is 30.0 Å². The van der Waals surface area contributed by atoms with E-state index in [1.54, 1.807) is 0 Å². The van der Waals surface area contributed by atoms with Crippen LogP contribution >= 0.6 is 0 Å². The molecule has 9 heteroatoms. The Kier molecular flexibility index (Phi) is 8.57. The van der Waals surface area contributed by atoms with Gasteiger partial charge in [0.05, 0.1) is 38.1 Å². The molecule has 0 aliphatic heterocycles. The third-order valence-electron chi connectivity index (χ3n) is 2.92. The molecule has 0 rings (SSSR count). The lowest BCUT2D eigenvalue weighted by Crippen LogP contribution is -2.59. The Morgan fingerprint density at radius 3 is 1.53 bits per heavy atom. The van der Waals surface area contributed by atoms with Crippen molar-refractivity contribution in [1.82, 2.24) is 5.32 Å². The molecule has 0 bridgehead atoms. The van der Waals surface area contributed by atoms with Gasteiger partial charge in [-0.1, -0.05) is 0 Å². The molecule has 116 valence electrons.